The minimum absolute atomic E-state index is 0.152. The summed E-state index contributed by atoms with van der Waals surface area (Å²) in [6, 6.07) is 10.8. The fourth-order valence-electron chi connectivity index (χ4n) is 1.73. The number of aliphatic hydroxyl groups is 1. The number of benzene rings is 2. The molecule has 116 valence electrons. The summed E-state index contributed by atoms with van der Waals surface area (Å²) in [5.41, 5.74) is 0.451. The number of hydrogen-bond donors (Lipinski definition) is 3. The van der Waals surface area contributed by atoms with Crippen molar-refractivity contribution in [1.29, 1.82) is 0 Å². The van der Waals surface area contributed by atoms with E-state index in [0.717, 1.165) is 12.1 Å². The van der Waals surface area contributed by atoms with Crippen LogP contribution in [0.3, 0.4) is 0 Å². The van der Waals surface area contributed by atoms with Crippen molar-refractivity contribution >= 4 is 27.3 Å². The topological polar surface area (TPSA) is 95.5 Å². The highest BCUT2D eigenvalue weighted by Crippen LogP contribution is 2.21. The van der Waals surface area contributed by atoms with Crippen LogP contribution in [0, 0.1) is 5.82 Å². The van der Waals surface area contributed by atoms with Gasteiger partial charge in [-0.15, -0.1) is 0 Å². The van der Waals surface area contributed by atoms with Gasteiger partial charge in [0.1, 0.15) is 17.3 Å². The third-order valence-corrected chi connectivity index (χ3v) is 4.08. The summed E-state index contributed by atoms with van der Waals surface area (Å²) in [7, 11) is -4.08. The minimum atomic E-state index is -4.08. The molecular formula is C14H13FN2O4S. The Kier molecular flexibility index (Phi) is 4.74. The molecule has 0 saturated carbocycles. The predicted molar refractivity (Wildman–Crippen MR) is 79.4 cm³/mol. The highest BCUT2D eigenvalue weighted by atomic mass is 32.2. The number of carbonyl (C=O) groups is 1. The maximum atomic E-state index is 13.6. The second-order valence-corrected chi connectivity index (χ2v) is 5.97. The molecule has 0 atom stereocenters. The molecule has 2 aromatic rings. The summed E-state index contributed by atoms with van der Waals surface area (Å²) < 4.78 is 40.1. The molecule has 2 aromatic carbocycles. The zero-order valence-corrected chi connectivity index (χ0v) is 12.1. The van der Waals surface area contributed by atoms with E-state index in [1.165, 1.54) is 36.4 Å². The van der Waals surface area contributed by atoms with E-state index in [1.54, 1.807) is 0 Å². The van der Waals surface area contributed by atoms with E-state index in [9.17, 15) is 17.6 Å². The van der Waals surface area contributed by atoms with E-state index in [1.807, 2.05) is 0 Å². The average molecular weight is 324 g/mol. The van der Waals surface area contributed by atoms with Crippen molar-refractivity contribution in [3.63, 3.8) is 0 Å². The molecule has 6 nitrogen and oxygen atoms in total. The van der Waals surface area contributed by atoms with Crippen molar-refractivity contribution in [2.75, 3.05) is 16.6 Å². The third-order valence-electron chi connectivity index (χ3n) is 2.67. The number of hydrogen-bond acceptors (Lipinski definition) is 4. The molecular weight excluding hydrogens is 311 g/mol. The van der Waals surface area contributed by atoms with Gasteiger partial charge >= 0.3 is 0 Å². The summed E-state index contributed by atoms with van der Waals surface area (Å²) in [4.78, 5) is 10.6. The summed E-state index contributed by atoms with van der Waals surface area (Å²) in [5, 5.41) is 11.0. The van der Waals surface area contributed by atoms with E-state index >= 15 is 0 Å². The van der Waals surface area contributed by atoms with Crippen LogP contribution in [-0.4, -0.2) is 26.0 Å². The molecule has 0 aliphatic rings. The maximum absolute atomic E-state index is 13.6. The fourth-order valence-corrected chi connectivity index (χ4v) is 2.86. The quantitative estimate of drug-likeness (QED) is 0.778. The molecule has 0 spiro atoms. The molecule has 0 fully saturated rings. The van der Waals surface area contributed by atoms with Crippen molar-refractivity contribution in [1.82, 2.24) is 0 Å². The zero-order chi connectivity index (χ0) is 16.2. The van der Waals surface area contributed by atoms with Gasteiger partial charge in [0, 0.05) is 5.69 Å². The lowest BCUT2D eigenvalue weighted by atomic mass is 10.3. The molecule has 1 amide bonds. The average Bonchev–Trinajstić information content (AvgIpc) is 2.47. The van der Waals surface area contributed by atoms with Gasteiger partial charge < -0.3 is 10.4 Å². The molecule has 0 aliphatic carbocycles. The Hall–Kier alpha value is -2.45. The van der Waals surface area contributed by atoms with E-state index in [0.29, 0.717) is 5.69 Å². The van der Waals surface area contributed by atoms with Crippen LogP contribution in [0.2, 0.25) is 0 Å². The number of rotatable bonds is 5. The molecule has 0 aromatic heterocycles. The molecule has 0 saturated heterocycles. The van der Waals surface area contributed by atoms with E-state index in [-0.39, 0.29) is 5.69 Å². The Balaban J connectivity index is 2.25. The first-order chi connectivity index (χ1) is 10.4. The Morgan fingerprint density at radius 2 is 1.77 bits per heavy atom. The Bertz CT molecular complexity index is 793. The standard InChI is InChI=1S/C14H13FN2O4S/c15-12-6-1-2-7-13(12)22(20,21)17-11-5-3-4-10(8-11)16-14(19)9-18/h1-8,17-18H,9H2,(H,16,19). The Labute approximate surface area is 126 Å². The smallest absolute Gasteiger partial charge is 0.264 e. The first-order valence-electron chi connectivity index (χ1n) is 6.20. The van der Waals surface area contributed by atoms with Crippen LogP contribution in [0.25, 0.3) is 0 Å². The van der Waals surface area contributed by atoms with Crippen molar-refractivity contribution in [3.05, 3.63) is 54.3 Å². The van der Waals surface area contributed by atoms with Crippen LogP contribution in [0.1, 0.15) is 0 Å². The van der Waals surface area contributed by atoms with Crippen LogP contribution in [-0.2, 0) is 14.8 Å². The second kappa shape index (κ2) is 6.54. The van der Waals surface area contributed by atoms with Gasteiger partial charge in [-0.3, -0.25) is 9.52 Å². The number of halogens is 1. The van der Waals surface area contributed by atoms with Crippen LogP contribution in [0.5, 0.6) is 0 Å². The lowest BCUT2D eigenvalue weighted by Gasteiger charge is -2.10. The second-order valence-electron chi connectivity index (χ2n) is 4.32. The third kappa shape index (κ3) is 3.80. The minimum Gasteiger partial charge on any atom is -0.387 e. The van der Waals surface area contributed by atoms with E-state index < -0.39 is 33.3 Å². The van der Waals surface area contributed by atoms with Gasteiger partial charge in [0.05, 0.1) is 5.69 Å². The van der Waals surface area contributed by atoms with Crippen LogP contribution >= 0.6 is 0 Å². The summed E-state index contributed by atoms with van der Waals surface area (Å²) >= 11 is 0. The molecule has 0 bridgehead atoms. The monoisotopic (exact) mass is 324 g/mol. The number of sulfonamides is 1. The van der Waals surface area contributed by atoms with E-state index in [2.05, 4.69) is 10.0 Å². The number of anilines is 2. The SMILES string of the molecule is O=C(CO)Nc1cccc(NS(=O)(=O)c2ccccc2F)c1. The lowest BCUT2D eigenvalue weighted by Crippen LogP contribution is -2.16. The highest BCUT2D eigenvalue weighted by Gasteiger charge is 2.18. The molecule has 0 aliphatic heterocycles. The van der Waals surface area contributed by atoms with Gasteiger partial charge in [0.2, 0.25) is 5.91 Å². The molecule has 3 N–H and O–H groups in total. The van der Waals surface area contributed by atoms with Crippen molar-refractivity contribution in [2.45, 2.75) is 4.90 Å². The molecule has 0 unspecified atom stereocenters. The fraction of sp³-hybridized carbons (Fsp3) is 0.0714. The van der Waals surface area contributed by atoms with Gasteiger partial charge in [-0.05, 0) is 30.3 Å². The van der Waals surface area contributed by atoms with Crippen molar-refractivity contribution in [2.24, 2.45) is 0 Å². The van der Waals surface area contributed by atoms with Crippen LogP contribution in [0.4, 0.5) is 15.8 Å². The highest BCUT2D eigenvalue weighted by molar-refractivity contribution is 7.92. The summed E-state index contributed by atoms with van der Waals surface area (Å²) in [6.07, 6.45) is 0. The molecule has 2 rings (SSSR count). The van der Waals surface area contributed by atoms with Gasteiger partial charge in [0.25, 0.3) is 10.0 Å². The number of nitrogens with one attached hydrogen (secondary N) is 2. The number of carbonyl (C=O) groups excluding carboxylic acids is 1. The summed E-state index contributed by atoms with van der Waals surface area (Å²) in [6.45, 7) is -0.689. The van der Waals surface area contributed by atoms with Crippen molar-refractivity contribution < 1.29 is 22.7 Å². The Morgan fingerprint density at radius 3 is 2.45 bits per heavy atom. The molecule has 22 heavy (non-hydrogen) atoms. The first-order valence-corrected chi connectivity index (χ1v) is 7.69. The summed E-state index contributed by atoms with van der Waals surface area (Å²) in [5.74, 6) is -1.49. The van der Waals surface area contributed by atoms with Gasteiger partial charge in [-0.2, -0.15) is 0 Å². The Morgan fingerprint density at radius 1 is 1.09 bits per heavy atom. The zero-order valence-electron chi connectivity index (χ0n) is 11.3. The maximum Gasteiger partial charge on any atom is 0.264 e. The van der Waals surface area contributed by atoms with Crippen LogP contribution in [0.15, 0.2) is 53.4 Å². The van der Waals surface area contributed by atoms with Gasteiger partial charge in [-0.25, -0.2) is 12.8 Å². The molecule has 0 heterocycles. The van der Waals surface area contributed by atoms with Gasteiger partial charge in [-0.1, -0.05) is 18.2 Å². The molecule has 0 radical (unpaired) electrons. The van der Waals surface area contributed by atoms with Crippen LogP contribution < -0.4 is 10.0 Å². The number of aliphatic hydroxyl groups excluding tert-OH is 1. The first kappa shape index (κ1) is 15.9. The van der Waals surface area contributed by atoms with Gasteiger partial charge in [0.15, 0.2) is 0 Å². The lowest BCUT2D eigenvalue weighted by molar-refractivity contribution is -0.118. The molecule has 8 heteroatoms. The normalized spacial score (nSPS) is 11.0. The van der Waals surface area contributed by atoms with Crippen molar-refractivity contribution in [3.8, 4) is 0 Å². The number of amides is 1. The predicted octanol–water partition coefficient (Wildman–Crippen LogP) is 1.56. The largest absolute Gasteiger partial charge is 0.387 e. The van der Waals surface area contributed by atoms with E-state index in [4.69, 9.17) is 5.11 Å².